The summed E-state index contributed by atoms with van der Waals surface area (Å²) in [5, 5.41) is 0. The summed E-state index contributed by atoms with van der Waals surface area (Å²) in [7, 11) is 0. The predicted molar refractivity (Wildman–Crippen MR) is 54.1 cm³/mol. The molecular formula is C11H16O4. The normalized spacial score (nSPS) is 25.3. The Bertz CT molecular complexity index is 270. The van der Waals surface area contributed by atoms with E-state index in [-0.39, 0.29) is 5.78 Å². The summed E-state index contributed by atoms with van der Waals surface area (Å²) in [5.41, 5.74) is 0. The van der Waals surface area contributed by atoms with E-state index >= 15 is 0 Å². The molecule has 0 aromatic carbocycles. The van der Waals surface area contributed by atoms with E-state index in [0.29, 0.717) is 6.42 Å². The SMILES string of the molecule is CCCC[C@H]1O[C@H](OC(C)=O)C=CC1=O. The fourth-order valence-corrected chi connectivity index (χ4v) is 1.39. The number of hydrogen-bond acceptors (Lipinski definition) is 4. The Kier molecular flexibility index (Phi) is 4.49. The molecule has 1 heterocycles. The highest BCUT2D eigenvalue weighted by atomic mass is 16.7. The van der Waals surface area contributed by atoms with Crippen LogP contribution in [0.3, 0.4) is 0 Å². The van der Waals surface area contributed by atoms with Crippen LogP contribution in [-0.2, 0) is 19.1 Å². The zero-order valence-corrected chi connectivity index (χ0v) is 9.06. The summed E-state index contributed by atoms with van der Waals surface area (Å²) in [4.78, 5) is 22.1. The van der Waals surface area contributed by atoms with E-state index in [9.17, 15) is 9.59 Å². The summed E-state index contributed by atoms with van der Waals surface area (Å²) in [6.07, 6.45) is 4.34. The second-order valence-corrected chi connectivity index (χ2v) is 3.51. The fourth-order valence-electron chi connectivity index (χ4n) is 1.39. The molecule has 1 rings (SSSR count). The average molecular weight is 212 g/mol. The first kappa shape index (κ1) is 11.9. The standard InChI is InChI=1S/C11H16O4/c1-3-4-5-10-9(13)6-7-11(15-10)14-8(2)12/h6-7,10-11H,3-5H2,1-2H3/t10-,11+/m1/s1. The van der Waals surface area contributed by atoms with Gasteiger partial charge in [-0.1, -0.05) is 19.8 Å². The molecular weight excluding hydrogens is 196 g/mol. The molecule has 1 aliphatic rings. The first-order valence-corrected chi connectivity index (χ1v) is 5.18. The molecule has 4 heteroatoms. The van der Waals surface area contributed by atoms with Crippen molar-refractivity contribution in [2.45, 2.75) is 45.5 Å². The third-order valence-electron chi connectivity index (χ3n) is 2.14. The van der Waals surface area contributed by atoms with Gasteiger partial charge in [0.2, 0.25) is 6.29 Å². The van der Waals surface area contributed by atoms with E-state index in [4.69, 9.17) is 9.47 Å². The molecule has 0 bridgehead atoms. The maximum absolute atomic E-state index is 11.4. The van der Waals surface area contributed by atoms with Crippen molar-refractivity contribution < 1.29 is 19.1 Å². The summed E-state index contributed by atoms with van der Waals surface area (Å²) in [6, 6.07) is 0. The van der Waals surface area contributed by atoms with Gasteiger partial charge in [-0.3, -0.25) is 9.59 Å². The topological polar surface area (TPSA) is 52.6 Å². The van der Waals surface area contributed by atoms with Crippen LogP contribution >= 0.6 is 0 Å². The zero-order chi connectivity index (χ0) is 11.3. The van der Waals surface area contributed by atoms with Crippen molar-refractivity contribution >= 4 is 11.8 Å². The quantitative estimate of drug-likeness (QED) is 0.664. The second-order valence-electron chi connectivity index (χ2n) is 3.51. The van der Waals surface area contributed by atoms with Crippen LogP contribution in [0, 0.1) is 0 Å². The van der Waals surface area contributed by atoms with Crippen molar-refractivity contribution in [3.05, 3.63) is 12.2 Å². The van der Waals surface area contributed by atoms with Crippen LogP contribution in [0.1, 0.15) is 33.1 Å². The minimum Gasteiger partial charge on any atom is -0.432 e. The van der Waals surface area contributed by atoms with Crippen LogP contribution in [0.5, 0.6) is 0 Å². The lowest BCUT2D eigenvalue weighted by Crippen LogP contribution is -2.33. The Morgan fingerprint density at radius 1 is 1.60 bits per heavy atom. The van der Waals surface area contributed by atoms with E-state index in [2.05, 4.69) is 0 Å². The van der Waals surface area contributed by atoms with Crippen molar-refractivity contribution in [3.8, 4) is 0 Å². The lowest BCUT2D eigenvalue weighted by atomic mass is 10.1. The number of rotatable bonds is 4. The van der Waals surface area contributed by atoms with Crippen LogP contribution in [0.4, 0.5) is 0 Å². The number of ether oxygens (including phenoxy) is 2. The number of carbonyl (C=O) groups is 2. The van der Waals surface area contributed by atoms with Gasteiger partial charge in [-0.2, -0.15) is 0 Å². The van der Waals surface area contributed by atoms with E-state index in [0.717, 1.165) is 12.8 Å². The maximum Gasteiger partial charge on any atom is 0.305 e. The van der Waals surface area contributed by atoms with E-state index in [1.807, 2.05) is 6.92 Å². The average Bonchev–Trinajstić information content (AvgIpc) is 2.18. The van der Waals surface area contributed by atoms with Gasteiger partial charge in [-0.05, 0) is 18.6 Å². The Labute approximate surface area is 89.2 Å². The Hall–Kier alpha value is -1.16. The molecule has 15 heavy (non-hydrogen) atoms. The molecule has 0 N–H and O–H groups in total. The molecule has 0 radical (unpaired) electrons. The molecule has 0 aliphatic carbocycles. The molecule has 0 saturated heterocycles. The maximum atomic E-state index is 11.4. The molecule has 84 valence electrons. The number of carbonyl (C=O) groups excluding carboxylic acids is 2. The van der Waals surface area contributed by atoms with Gasteiger partial charge < -0.3 is 9.47 Å². The van der Waals surface area contributed by atoms with Crippen LogP contribution in [0.15, 0.2) is 12.2 Å². The monoisotopic (exact) mass is 212 g/mol. The molecule has 0 fully saturated rings. The van der Waals surface area contributed by atoms with Gasteiger partial charge in [-0.15, -0.1) is 0 Å². The molecule has 0 spiro atoms. The first-order valence-electron chi connectivity index (χ1n) is 5.18. The van der Waals surface area contributed by atoms with E-state index in [1.54, 1.807) is 0 Å². The lowest BCUT2D eigenvalue weighted by Gasteiger charge is -2.24. The third-order valence-corrected chi connectivity index (χ3v) is 2.14. The van der Waals surface area contributed by atoms with Crippen LogP contribution in [-0.4, -0.2) is 24.1 Å². The molecule has 0 aromatic rings. The number of unbranched alkanes of at least 4 members (excludes halogenated alkanes) is 1. The summed E-state index contributed by atoms with van der Waals surface area (Å²) >= 11 is 0. The van der Waals surface area contributed by atoms with Crippen molar-refractivity contribution in [1.82, 2.24) is 0 Å². The van der Waals surface area contributed by atoms with E-state index in [1.165, 1.54) is 19.1 Å². The highest BCUT2D eigenvalue weighted by molar-refractivity contribution is 5.94. The van der Waals surface area contributed by atoms with E-state index < -0.39 is 18.4 Å². The summed E-state index contributed by atoms with van der Waals surface area (Å²) in [6.45, 7) is 3.36. The molecule has 0 aromatic heterocycles. The highest BCUT2D eigenvalue weighted by Crippen LogP contribution is 2.15. The van der Waals surface area contributed by atoms with Crippen LogP contribution < -0.4 is 0 Å². The summed E-state index contributed by atoms with van der Waals surface area (Å²) < 4.78 is 10.2. The molecule has 1 aliphatic heterocycles. The third kappa shape index (κ3) is 3.83. The predicted octanol–water partition coefficient (Wildman–Crippen LogP) is 1.59. The Balaban J connectivity index is 2.50. The second kappa shape index (κ2) is 5.66. The minimum absolute atomic E-state index is 0.0492. The van der Waals surface area contributed by atoms with Gasteiger partial charge in [0.05, 0.1) is 0 Å². The number of esters is 1. The first-order chi connectivity index (χ1) is 7.13. The van der Waals surface area contributed by atoms with Gasteiger partial charge in [0.25, 0.3) is 0 Å². The van der Waals surface area contributed by atoms with Gasteiger partial charge >= 0.3 is 5.97 Å². The largest absolute Gasteiger partial charge is 0.432 e. The minimum atomic E-state index is -0.706. The van der Waals surface area contributed by atoms with Gasteiger partial charge in [-0.25, -0.2) is 0 Å². The van der Waals surface area contributed by atoms with Crippen molar-refractivity contribution in [2.24, 2.45) is 0 Å². The Morgan fingerprint density at radius 3 is 2.93 bits per heavy atom. The molecule has 0 amide bonds. The number of ketones is 1. The Morgan fingerprint density at radius 2 is 2.33 bits per heavy atom. The molecule has 0 saturated carbocycles. The van der Waals surface area contributed by atoms with Gasteiger partial charge in [0, 0.05) is 6.92 Å². The lowest BCUT2D eigenvalue weighted by molar-refractivity contribution is -0.180. The molecule has 2 atom stereocenters. The van der Waals surface area contributed by atoms with Gasteiger partial charge in [0.1, 0.15) is 6.10 Å². The van der Waals surface area contributed by atoms with Crippen LogP contribution in [0.2, 0.25) is 0 Å². The number of hydrogen-bond donors (Lipinski definition) is 0. The summed E-state index contributed by atoms with van der Waals surface area (Å²) in [5.74, 6) is -0.458. The van der Waals surface area contributed by atoms with Crippen molar-refractivity contribution in [3.63, 3.8) is 0 Å². The zero-order valence-electron chi connectivity index (χ0n) is 9.06. The smallest absolute Gasteiger partial charge is 0.305 e. The fraction of sp³-hybridized carbons (Fsp3) is 0.636. The van der Waals surface area contributed by atoms with Crippen molar-refractivity contribution in [2.75, 3.05) is 0 Å². The molecule has 4 nitrogen and oxygen atoms in total. The van der Waals surface area contributed by atoms with Crippen LogP contribution in [0.25, 0.3) is 0 Å². The molecule has 0 unspecified atom stereocenters. The highest BCUT2D eigenvalue weighted by Gasteiger charge is 2.25. The van der Waals surface area contributed by atoms with Gasteiger partial charge in [0.15, 0.2) is 5.78 Å². The van der Waals surface area contributed by atoms with Crippen molar-refractivity contribution in [1.29, 1.82) is 0 Å².